The monoisotopic (exact) mass is 320 g/mol. The van der Waals surface area contributed by atoms with Crippen molar-refractivity contribution in [2.24, 2.45) is 0 Å². The Bertz CT molecular complexity index is 674. The summed E-state index contributed by atoms with van der Waals surface area (Å²) >= 11 is 1.12. The first-order valence-electron chi connectivity index (χ1n) is 6.32. The topological polar surface area (TPSA) is 129 Å². The van der Waals surface area contributed by atoms with Gasteiger partial charge in [-0.1, -0.05) is 17.8 Å². The molecule has 1 heterocycles. The largest absolute Gasteiger partial charge is 0.495 e. The molecule has 0 saturated heterocycles. The third-order valence-corrected chi connectivity index (χ3v) is 3.46. The van der Waals surface area contributed by atoms with Crippen LogP contribution in [-0.2, 0) is 4.79 Å². The van der Waals surface area contributed by atoms with Gasteiger partial charge in [0.15, 0.2) is 5.16 Å². The number of nitrogens with one attached hydrogen (secondary N) is 1. The smallest absolute Gasteiger partial charge is 0.234 e. The summed E-state index contributed by atoms with van der Waals surface area (Å²) in [5.41, 5.74) is 12.6. The number of ether oxygens (including phenoxy) is 1. The van der Waals surface area contributed by atoms with Crippen molar-refractivity contribution in [1.82, 2.24) is 15.0 Å². The second-order valence-electron chi connectivity index (χ2n) is 4.37. The maximum atomic E-state index is 12.0. The van der Waals surface area contributed by atoms with Gasteiger partial charge in [-0.05, 0) is 24.6 Å². The molecule has 0 aliphatic heterocycles. The highest BCUT2D eigenvalue weighted by atomic mass is 32.2. The summed E-state index contributed by atoms with van der Waals surface area (Å²) in [6.07, 6.45) is 0. The van der Waals surface area contributed by atoms with Gasteiger partial charge in [0, 0.05) is 0 Å². The van der Waals surface area contributed by atoms with E-state index in [0.29, 0.717) is 16.6 Å². The first-order chi connectivity index (χ1) is 10.5. The molecule has 2 rings (SSSR count). The van der Waals surface area contributed by atoms with E-state index in [1.165, 1.54) is 0 Å². The second kappa shape index (κ2) is 6.94. The van der Waals surface area contributed by atoms with Crippen LogP contribution < -0.4 is 21.5 Å². The standard InChI is InChI=1S/C13H16N6O2S/c1-7-3-4-9(21-2)8(5-7)16-10(20)6-22-13-18-11(14)17-12(15)19-13/h3-5H,6H2,1-2H3,(H,16,20)(H4,14,15,17,18,19). The van der Waals surface area contributed by atoms with Crippen LogP contribution in [0.25, 0.3) is 0 Å². The molecule has 8 nitrogen and oxygen atoms in total. The highest BCUT2D eigenvalue weighted by Crippen LogP contribution is 2.25. The third-order valence-electron chi connectivity index (χ3n) is 2.61. The minimum atomic E-state index is -0.216. The molecule has 22 heavy (non-hydrogen) atoms. The lowest BCUT2D eigenvalue weighted by Gasteiger charge is -2.10. The zero-order valence-corrected chi connectivity index (χ0v) is 13.0. The van der Waals surface area contributed by atoms with Crippen molar-refractivity contribution in [3.63, 3.8) is 0 Å². The molecular formula is C13H16N6O2S. The lowest BCUT2D eigenvalue weighted by Crippen LogP contribution is -2.15. The van der Waals surface area contributed by atoms with Crippen LogP contribution in [0.4, 0.5) is 17.6 Å². The maximum Gasteiger partial charge on any atom is 0.234 e. The van der Waals surface area contributed by atoms with Gasteiger partial charge in [-0.15, -0.1) is 0 Å². The Hall–Kier alpha value is -2.55. The summed E-state index contributed by atoms with van der Waals surface area (Å²) in [6.45, 7) is 1.93. The number of nitrogens with zero attached hydrogens (tertiary/aromatic N) is 3. The highest BCUT2D eigenvalue weighted by molar-refractivity contribution is 7.99. The molecule has 9 heteroatoms. The number of rotatable bonds is 5. The molecule has 0 saturated carbocycles. The summed E-state index contributed by atoms with van der Waals surface area (Å²) in [6, 6.07) is 5.53. The zero-order chi connectivity index (χ0) is 16.1. The second-order valence-corrected chi connectivity index (χ2v) is 5.32. The number of hydrogen-bond acceptors (Lipinski definition) is 8. The van der Waals surface area contributed by atoms with Gasteiger partial charge >= 0.3 is 0 Å². The van der Waals surface area contributed by atoms with Gasteiger partial charge < -0.3 is 21.5 Å². The number of thioether (sulfide) groups is 1. The van der Waals surface area contributed by atoms with Crippen molar-refractivity contribution in [2.75, 3.05) is 29.6 Å². The third kappa shape index (κ3) is 4.22. The van der Waals surface area contributed by atoms with Gasteiger partial charge in [0.2, 0.25) is 17.8 Å². The van der Waals surface area contributed by atoms with E-state index in [0.717, 1.165) is 17.3 Å². The quantitative estimate of drug-likeness (QED) is 0.698. The van der Waals surface area contributed by atoms with Crippen molar-refractivity contribution in [1.29, 1.82) is 0 Å². The summed E-state index contributed by atoms with van der Waals surface area (Å²) < 4.78 is 5.21. The zero-order valence-electron chi connectivity index (χ0n) is 12.2. The molecule has 5 N–H and O–H groups in total. The molecule has 0 aliphatic carbocycles. The molecule has 0 atom stereocenters. The molecule has 116 valence electrons. The Labute approximate surface area is 131 Å². The summed E-state index contributed by atoms with van der Waals surface area (Å²) in [7, 11) is 1.55. The van der Waals surface area contributed by atoms with Crippen LogP contribution in [0.2, 0.25) is 0 Å². The van der Waals surface area contributed by atoms with E-state index in [2.05, 4.69) is 20.3 Å². The van der Waals surface area contributed by atoms with Crippen LogP contribution in [0.3, 0.4) is 0 Å². The van der Waals surface area contributed by atoms with Crippen LogP contribution >= 0.6 is 11.8 Å². The molecule has 1 amide bonds. The fraction of sp³-hybridized carbons (Fsp3) is 0.231. The normalized spacial score (nSPS) is 10.3. The Morgan fingerprint density at radius 2 is 1.95 bits per heavy atom. The van der Waals surface area contributed by atoms with Gasteiger partial charge in [-0.3, -0.25) is 4.79 Å². The minimum Gasteiger partial charge on any atom is -0.495 e. The number of benzene rings is 1. The number of carbonyl (C=O) groups excluding carboxylic acids is 1. The van der Waals surface area contributed by atoms with E-state index >= 15 is 0 Å². The average molecular weight is 320 g/mol. The number of nitrogen functional groups attached to an aromatic ring is 2. The molecule has 0 spiro atoms. The van der Waals surface area contributed by atoms with Gasteiger partial charge in [0.25, 0.3) is 0 Å². The lowest BCUT2D eigenvalue weighted by atomic mass is 10.2. The van der Waals surface area contributed by atoms with Crippen molar-refractivity contribution in [2.45, 2.75) is 12.1 Å². The van der Waals surface area contributed by atoms with Crippen LogP contribution in [0.1, 0.15) is 5.56 Å². The molecule has 1 aromatic heterocycles. The van der Waals surface area contributed by atoms with Crippen molar-refractivity contribution < 1.29 is 9.53 Å². The molecule has 0 radical (unpaired) electrons. The molecule has 2 aromatic rings. The van der Waals surface area contributed by atoms with E-state index in [-0.39, 0.29) is 23.6 Å². The number of amides is 1. The lowest BCUT2D eigenvalue weighted by molar-refractivity contribution is -0.113. The molecule has 0 fully saturated rings. The van der Waals surface area contributed by atoms with Gasteiger partial charge in [0.1, 0.15) is 5.75 Å². The highest BCUT2D eigenvalue weighted by Gasteiger charge is 2.10. The first-order valence-corrected chi connectivity index (χ1v) is 7.31. The predicted octanol–water partition coefficient (Wildman–Crippen LogP) is 1.08. The number of aryl methyl sites for hydroxylation is 1. The molecule has 0 aliphatic rings. The van der Waals surface area contributed by atoms with Gasteiger partial charge in [-0.2, -0.15) is 15.0 Å². The first kappa shape index (κ1) is 15.8. The van der Waals surface area contributed by atoms with E-state index in [4.69, 9.17) is 16.2 Å². The maximum absolute atomic E-state index is 12.0. The summed E-state index contributed by atoms with van der Waals surface area (Å²) in [4.78, 5) is 23.5. The van der Waals surface area contributed by atoms with Crippen LogP contribution in [-0.4, -0.2) is 33.7 Å². The Kier molecular flexibility index (Phi) is 4.99. The number of methoxy groups -OCH3 is 1. The van der Waals surface area contributed by atoms with E-state index < -0.39 is 0 Å². The number of nitrogens with two attached hydrogens (primary N) is 2. The van der Waals surface area contributed by atoms with Crippen molar-refractivity contribution in [3.05, 3.63) is 23.8 Å². The Balaban J connectivity index is 2.00. The van der Waals surface area contributed by atoms with Gasteiger partial charge in [0.05, 0.1) is 18.6 Å². The molecule has 0 unspecified atom stereocenters. The van der Waals surface area contributed by atoms with E-state index in [1.54, 1.807) is 13.2 Å². The number of carbonyl (C=O) groups is 1. The SMILES string of the molecule is COc1ccc(C)cc1NC(=O)CSc1nc(N)nc(N)n1. The molecule has 0 bridgehead atoms. The van der Waals surface area contributed by atoms with Gasteiger partial charge in [-0.25, -0.2) is 0 Å². The van der Waals surface area contributed by atoms with Crippen molar-refractivity contribution >= 4 is 35.3 Å². The van der Waals surface area contributed by atoms with E-state index in [1.807, 2.05) is 19.1 Å². The molecular weight excluding hydrogens is 304 g/mol. The summed E-state index contributed by atoms with van der Waals surface area (Å²) in [5, 5.41) is 3.09. The van der Waals surface area contributed by atoms with Crippen molar-refractivity contribution in [3.8, 4) is 5.75 Å². The minimum absolute atomic E-state index is 0.0239. The van der Waals surface area contributed by atoms with Crippen LogP contribution in [0, 0.1) is 6.92 Å². The fourth-order valence-electron chi connectivity index (χ4n) is 1.69. The Morgan fingerprint density at radius 1 is 1.27 bits per heavy atom. The predicted molar refractivity (Wildman–Crippen MR) is 85.7 cm³/mol. The fourth-order valence-corrected chi connectivity index (χ4v) is 2.34. The Morgan fingerprint density at radius 3 is 2.59 bits per heavy atom. The average Bonchev–Trinajstić information content (AvgIpc) is 2.44. The molecule has 1 aromatic carbocycles. The van der Waals surface area contributed by atoms with Crippen LogP contribution in [0.5, 0.6) is 5.75 Å². The van der Waals surface area contributed by atoms with Crippen LogP contribution in [0.15, 0.2) is 23.4 Å². The number of hydrogen-bond donors (Lipinski definition) is 3. The number of anilines is 3. The summed E-state index contributed by atoms with van der Waals surface area (Å²) in [5.74, 6) is 0.538. The number of aromatic nitrogens is 3. The van der Waals surface area contributed by atoms with E-state index in [9.17, 15) is 4.79 Å².